The van der Waals surface area contributed by atoms with Crippen molar-refractivity contribution in [3.63, 3.8) is 0 Å². The first-order valence-corrected chi connectivity index (χ1v) is 4.93. The summed E-state index contributed by atoms with van der Waals surface area (Å²) in [5, 5.41) is 13.3. The Labute approximate surface area is 93.2 Å². The summed E-state index contributed by atoms with van der Waals surface area (Å²) >= 11 is 0. The highest BCUT2D eigenvalue weighted by Gasteiger charge is 2.05. The maximum Gasteiger partial charge on any atom is 0.253 e. The van der Waals surface area contributed by atoms with Crippen LogP contribution in [0.2, 0.25) is 0 Å². The predicted molar refractivity (Wildman–Crippen MR) is 61.3 cm³/mol. The third-order valence-electron chi connectivity index (χ3n) is 2.39. The Hall–Kier alpha value is -2.10. The highest BCUT2D eigenvalue weighted by atomic mass is 16.5. The minimum absolute atomic E-state index is 0.195. The molecule has 0 amide bonds. The lowest BCUT2D eigenvalue weighted by Gasteiger charge is -1.95. The number of aryl methyl sites for hydroxylation is 1. The van der Waals surface area contributed by atoms with E-state index in [0.717, 1.165) is 11.3 Å². The van der Waals surface area contributed by atoms with Crippen LogP contribution in [0.5, 0.6) is 5.75 Å². The molecule has 0 atom stereocenters. The number of phenolic OH excluding ortho intramolecular Hbond substituents is 1. The molecule has 2 rings (SSSR count). The van der Waals surface area contributed by atoms with Crippen LogP contribution in [-0.2, 0) is 0 Å². The van der Waals surface area contributed by atoms with Crippen molar-refractivity contribution in [1.82, 2.24) is 5.16 Å². The summed E-state index contributed by atoms with van der Waals surface area (Å²) < 4.78 is 5.03. The second kappa shape index (κ2) is 4.18. The number of rotatable bonds is 2. The van der Waals surface area contributed by atoms with E-state index in [4.69, 9.17) is 4.52 Å². The molecule has 0 unspecified atom stereocenters. The van der Waals surface area contributed by atoms with E-state index in [1.54, 1.807) is 24.4 Å². The van der Waals surface area contributed by atoms with Gasteiger partial charge >= 0.3 is 0 Å². The number of para-hydroxylation sites is 1. The number of aromatic nitrogens is 1. The summed E-state index contributed by atoms with van der Waals surface area (Å²) in [5.74, 6) is 0.667. The van der Waals surface area contributed by atoms with E-state index in [0.29, 0.717) is 11.4 Å². The molecule has 4 heteroatoms. The molecule has 0 saturated carbocycles. The number of nitrogens with zero attached hydrogens (tertiary/aromatic N) is 2. The van der Waals surface area contributed by atoms with E-state index in [9.17, 15) is 5.11 Å². The monoisotopic (exact) mass is 216 g/mol. The van der Waals surface area contributed by atoms with E-state index in [2.05, 4.69) is 10.1 Å². The Bertz CT molecular complexity index is 530. The van der Waals surface area contributed by atoms with Gasteiger partial charge in [-0.2, -0.15) is 0 Å². The number of phenols is 1. The fraction of sp³-hybridized carbons (Fsp3) is 0.167. The Balaban J connectivity index is 2.28. The molecule has 0 fully saturated rings. The van der Waals surface area contributed by atoms with Gasteiger partial charge in [-0.1, -0.05) is 17.3 Å². The first-order valence-electron chi connectivity index (χ1n) is 4.93. The van der Waals surface area contributed by atoms with Gasteiger partial charge in [0, 0.05) is 17.3 Å². The van der Waals surface area contributed by atoms with Crippen LogP contribution in [0.15, 0.2) is 33.8 Å². The molecular formula is C12H12N2O2. The standard InChI is InChI=1S/C12H12N2O2/c1-8-9(2)14-16-12(8)13-7-10-5-3-4-6-11(10)15/h3-7,15H,1-2H3/b13-7+. The zero-order chi connectivity index (χ0) is 11.5. The Kier molecular flexibility index (Phi) is 2.72. The van der Waals surface area contributed by atoms with Gasteiger partial charge in [-0.3, -0.25) is 0 Å². The minimum atomic E-state index is 0.195. The molecule has 0 bridgehead atoms. The average molecular weight is 216 g/mol. The maximum absolute atomic E-state index is 9.53. The molecule has 1 aromatic heterocycles. The zero-order valence-electron chi connectivity index (χ0n) is 9.14. The average Bonchev–Trinajstić information content (AvgIpc) is 2.59. The van der Waals surface area contributed by atoms with Crippen LogP contribution in [0.3, 0.4) is 0 Å². The molecule has 1 aromatic carbocycles. The van der Waals surface area contributed by atoms with Crippen LogP contribution in [0.1, 0.15) is 16.8 Å². The lowest BCUT2D eigenvalue weighted by atomic mass is 10.2. The molecule has 4 nitrogen and oxygen atoms in total. The second-order valence-corrected chi connectivity index (χ2v) is 3.52. The lowest BCUT2D eigenvalue weighted by Crippen LogP contribution is -1.80. The quantitative estimate of drug-likeness (QED) is 0.785. The molecule has 1 heterocycles. The third kappa shape index (κ3) is 1.95. The minimum Gasteiger partial charge on any atom is -0.507 e. The van der Waals surface area contributed by atoms with Crippen molar-refractivity contribution in [2.75, 3.05) is 0 Å². The van der Waals surface area contributed by atoms with Crippen molar-refractivity contribution in [3.8, 4) is 5.75 Å². The van der Waals surface area contributed by atoms with Crippen molar-refractivity contribution in [3.05, 3.63) is 41.1 Å². The fourth-order valence-electron chi connectivity index (χ4n) is 1.25. The topological polar surface area (TPSA) is 58.6 Å². The number of aliphatic imine (C=N–C) groups is 1. The summed E-state index contributed by atoms with van der Waals surface area (Å²) in [4.78, 5) is 4.14. The summed E-state index contributed by atoms with van der Waals surface area (Å²) in [6, 6.07) is 6.98. The lowest BCUT2D eigenvalue weighted by molar-refractivity contribution is 0.425. The molecule has 0 aliphatic carbocycles. The first kappa shape index (κ1) is 10.4. The molecule has 0 saturated heterocycles. The van der Waals surface area contributed by atoms with Gasteiger partial charge in [-0.05, 0) is 26.0 Å². The molecule has 2 aromatic rings. The second-order valence-electron chi connectivity index (χ2n) is 3.52. The van der Waals surface area contributed by atoms with Crippen molar-refractivity contribution >= 4 is 12.1 Å². The Morgan fingerprint density at radius 3 is 2.69 bits per heavy atom. The highest BCUT2D eigenvalue weighted by molar-refractivity contribution is 5.84. The molecular weight excluding hydrogens is 204 g/mol. The Morgan fingerprint density at radius 1 is 1.31 bits per heavy atom. The fourth-order valence-corrected chi connectivity index (χ4v) is 1.25. The largest absolute Gasteiger partial charge is 0.507 e. The van der Waals surface area contributed by atoms with E-state index in [-0.39, 0.29) is 5.75 Å². The molecule has 16 heavy (non-hydrogen) atoms. The zero-order valence-corrected chi connectivity index (χ0v) is 9.14. The van der Waals surface area contributed by atoms with E-state index >= 15 is 0 Å². The van der Waals surface area contributed by atoms with Gasteiger partial charge in [-0.15, -0.1) is 0 Å². The SMILES string of the molecule is Cc1noc(/N=C/c2ccccc2O)c1C. The van der Waals surface area contributed by atoms with Gasteiger partial charge in [0.1, 0.15) is 5.75 Å². The maximum atomic E-state index is 9.53. The summed E-state index contributed by atoms with van der Waals surface area (Å²) in [7, 11) is 0. The van der Waals surface area contributed by atoms with Gasteiger partial charge in [0.05, 0.1) is 5.69 Å². The van der Waals surface area contributed by atoms with E-state index in [1.807, 2.05) is 19.9 Å². The third-order valence-corrected chi connectivity index (χ3v) is 2.39. The van der Waals surface area contributed by atoms with Crippen molar-refractivity contribution in [2.45, 2.75) is 13.8 Å². The van der Waals surface area contributed by atoms with Crippen LogP contribution < -0.4 is 0 Å². The van der Waals surface area contributed by atoms with Crippen LogP contribution in [0.4, 0.5) is 5.88 Å². The normalized spacial score (nSPS) is 11.1. The summed E-state index contributed by atoms with van der Waals surface area (Å²) in [6.45, 7) is 3.75. The number of hydrogen-bond donors (Lipinski definition) is 1. The van der Waals surface area contributed by atoms with Crippen LogP contribution >= 0.6 is 0 Å². The van der Waals surface area contributed by atoms with Crippen LogP contribution in [0.25, 0.3) is 0 Å². The molecule has 82 valence electrons. The molecule has 0 aliphatic rings. The smallest absolute Gasteiger partial charge is 0.253 e. The van der Waals surface area contributed by atoms with E-state index in [1.165, 1.54) is 0 Å². The summed E-state index contributed by atoms with van der Waals surface area (Å²) in [6.07, 6.45) is 1.56. The predicted octanol–water partition coefficient (Wildman–Crippen LogP) is 2.75. The first-order chi connectivity index (χ1) is 7.68. The molecule has 0 spiro atoms. The highest BCUT2D eigenvalue weighted by Crippen LogP contribution is 2.21. The number of hydrogen-bond acceptors (Lipinski definition) is 4. The van der Waals surface area contributed by atoms with Crippen LogP contribution in [0, 0.1) is 13.8 Å². The van der Waals surface area contributed by atoms with Gasteiger partial charge in [-0.25, -0.2) is 4.99 Å². The molecule has 0 aliphatic heterocycles. The molecule has 0 radical (unpaired) electrons. The van der Waals surface area contributed by atoms with Gasteiger partial charge < -0.3 is 9.63 Å². The van der Waals surface area contributed by atoms with Crippen molar-refractivity contribution in [2.24, 2.45) is 4.99 Å². The van der Waals surface area contributed by atoms with Crippen molar-refractivity contribution in [1.29, 1.82) is 0 Å². The van der Waals surface area contributed by atoms with Crippen LogP contribution in [-0.4, -0.2) is 16.5 Å². The Morgan fingerprint density at radius 2 is 2.06 bits per heavy atom. The van der Waals surface area contributed by atoms with Crippen molar-refractivity contribution < 1.29 is 9.63 Å². The summed E-state index contributed by atoms with van der Waals surface area (Å²) in [5.41, 5.74) is 2.38. The molecule has 1 N–H and O–H groups in total. The van der Waals surface area contributed by atoms with E-state index < -0.39 is 0 Å². The van der Waals surface area contributed by atoms with Gasteiger partial charge in [0.25, 0.3) is 5.88 Å². The van der Waals surface area contributed by atoms with Gasteiger partial charge in [0.2, 0.25) is 0 Å². The number of aromatic hydroxyl groups is 1. The number of benzene rings is 1. The van der Waals surface area contributed by atoms with Gasteiger partial charge in [0.15, 0.2) is 0 Å².